The van der Waals surface area contributed by atoms with Crippen LogP contribution >= 0.6 is 0 Å². The molecule has 1 aromatic heterocycles. The minimum atomic E-state index is -0.499. The summed E-state index contributed by atoms with van der Waals surface area (Å²) < 4.78 is 6.04. The summed E-state index contributed by atoms with van der Waals surface area (Å²) in [6.45, 7) is 2.09. The number of rotatable bonds is 7. The van der Waals surface area contributed by atoms with Gasteiger partial charge in [0.15, 0.2) is 5.78 Å². The molecule has 0 N–H and O–H groups in total. The third kappa shape index (κ3) is 5.38. The first-order valence-corrected chi connectivity index (χ1v) is 13.3. The van der Waals surface area contributed by atoms with E-state index >= 15 is 0 Å². The van der Waals surface area contributed by atoms with Crippen molar-refractivity contribution in [2.75, 3.05) is 0 Å². The van der Waals surface area contributed by atoms with Crippen molar-refractivity contribution in [3.8, 4) is 11.6 Å². The Morgan fingerprint density at radius 2 is 1.57 bits per heavy atom. The van der Waals surface area contributed by atoms with Crippen LogP contribution in [0.25, 0.3) is 16.6 Å². The first-order chi connectivity index (χ1) is 19.6. The second-order valence-corrected chi connectivity index (χ2v) is 10.0. The fraction of sp³-hybridized carbons (Fsp3) is 0.0833. The van der Waals surface area contributed by atoms with E-state index in [0.717, 1.165) is 23.0 Å². The van der Waals surface area contributed by atoms with Crippen molar-refractivity contribution in [3.05, 3.63) is 162 Å². The van der Waals surface area contributed by atoms with Gasteiger partial charge in [-0.25, -0.2) is 9.97 Å². The highest BCUT2D eigenvalue weighted by Gasteiger charge is 2.30. The molecule has 0 radical (unpaired) electrons. The zero-order valence-corrected chi connectivity index (χ0v) is 22.2. The van der Waals surface area contributed by atoms with Crippen molar-refractivity contribution in [1.29, 1.82) is 0 Å². The predicted molar refractivity (Wildman–Crippen MR) is 161 cm³/mol. The number of ether oxygens (including phenoxy) is 1. The maximum absolute atomic E-state index is 13.0. The zero-order chi connectivity index (χ0) is 27.4. The minimum absolute atomic E-state index is 0.0188. The van der Waals surface area contributed by atoms with E-state index in [9.17, 15) is 4.79 Å². The van der Waals surface area contributed by atoms with Gasteiger partial charge in [-0.15, -0.1) is 0 Å². The molecule has 1 heterocycles. The molecule has 1 unspecified atom stereocenters. The van der Waals surface area contributed by atoms with E-state index < -0.39 is 5.41 Å². The molecule has 0 saturated heterocycles. The number of carbonyl (C=O) groups is 1. The highest BCUT2D eigenvalue weighted by Crippen LogP contribution is 2.41. The molecule has 1 aliphatic rings. The maximum Gasteiger partial charge on any atom is 0.238 e. The fourth-order valence-electron chi connectivity index (χ4n) is 5.01. The second-order valence-electron chi connectivity index (χ2n) is 10.0. The molecule has 40 heavy (non-hydrogen) atoms. The van der Waals surface area contributed by atoms with Crippen LogP contribution in [0.2, 0.25) is 0 Å². The summed E-state index contributed by atoms with van der Waals surface area (Å²) in [5.41, 5.74) is 6.46. The van der Waals surface area contributed by atoms with Crippen LogP contribution < -0.4 is 4.74 Å². The first-order valence-electron chi connectivity index (χ1n) is 13.3. The lowest BCUT2D eigenvalue weighted by Crippen LogP contribution is -2.23. The Kier molecular flexibility index (Phi) is 6.90. The highest BCUT2D eigenvalue weighted by atomic mass is 16.5. The first kappa shape index (κ1) is 25.2. The van der Waals surface area contributed by atoms with Crippen molar-refractivity contribution in [3.63, 3.8) is 0 Å². The Morgan fingerprint density at radius 1 is 0.850 bits per heavy atom. The summed E-state index contributed by atoms with van der Waals surface area (Å²) in [6.07, 6.45) is 12.5. The molecule has 0 spiro atoms. The van der Waals surface area contributed by atoms with E-state index in [2.05, 4.69) is 71.5 Å². The smallest absolute Gasteiger partial charge is 0.238 e. The molecule has 4 aromatic carbocycles. The number of carbonyl (C=O) groups excluding carboxylic acids is 1. The average Bonchev–Trinajstić information content (AvgIpc) is 3.01. The number of allylic oxidation sites excluding steroid dienone is 6. The van der Waals surface area contributed by atoms with Crippen LogP contribution in [0.4, 0.5) is 0 Å². The fourth-order valence-corrected chi connectivity index (χ4v) is 5.01. The van der Waals surface area contributed by atoms with E-state index in [1.165, 1.54) is 16.7 Å². The number of aryl methyl sites for hydroxylation is 1. The molecule has 4 heteroatoms. The number of fused-ring (bicyclic) bond motifs is 1. The van der Waals surface area contributed by atoms with Gasteiger partial charge in [-0.1, -0.05) is 109 Å². The van der Waals surface area contributed by atoms with Crippen molar-refractivity contribution in [1.82, 2.24) is 9.97 Å². The summed E-state index contributed by atoms with van der Waals surface area (Å²) in [5.74, 6) is 1.09. The van der Waals surface area contributed by atoms with E-state index in [1.54, 1.807) is 12.3 Å². The van der Waals surface area contributed by atoms with Crippen LogP contribution in [-0.4, -0.2) is 15.8 Å². The molecule has 0 fully saturated rings. The van der Waals surface area contributed by atoms with Crippen molar-refractivity contribution >= 4 is 22.4 Å². The quantitative estimate of drug-likeness (QED) is 0.160. The molecule has 5 aromatic rings. The Bertz CT molecular complexity index is 1750. The van der Waals surface area contributed by atoms with Crippen LogP contribution in [0.15, 0.2) is 140 Å². The lowest BCUT2D eigenvalue weighted by atomic mass is 9.71. The minimum Gasteiger partial charge on any atom is -0.437 e. The van der Waals surface area contributed by atoms with E-state index in [1.807, 2.05) is 72.8 Å². The van der Waals surface area contributed by atoms with Crippen molar-refractivity contribution in [2.24, 2.45) is 0 Å². The van der Waals surface area contributed by atoms with Gasteiger partial charge in [-0.3, -0.25) is 4.79 Å². The Hall–Kier alpha value is -5.09. The topological polar surface area (TPSA) is 52.1 Å². The highest BCUT2D eigenvalue weighted by molar-refractivity contribution is 6.04. The molecule has 0 amide bonds. The molecule has 4 nitrogen and oxygen atoms in total. The van der Waals surface area contributed by atoms with Gasteiger partial charge in [0.1, 0.15) is 5.75 Å². The normalized spacial score (nSPS) is 16.7. The zero-order valence-electron chi connectivity index (χ0n) is 22.2. The monoisotopic (exact) mass is 520 g/mol. The molecular weight excluding hydrogens is 492 g/mol. The Balaban J connectivity index is 1.31. The molecule has 6 rings (SSSR count). The van der Waals surface area contributed by atoms with Crippen LogP contribution in [0, 0.1) is 6.92 Å². The number of hydrogen-bond donors (Lipinski definition) is 0. The van der Waals surface area contributed by atoms with E-state index in [0.29, 0.717) is 17.2 Å². The Morgan fingerprint density at radius 3 is 2.35 bits per heavy atom. The lowest BCUT2D eigenvalue weighted by Gasteiger charge is -2.32. The number of hydrogen-bond acceptors (Lipinski definition) is 4. The van der Waals surface area contributed by atoms with Crippen LogP contribution in [-0.2, 0) is 5.41 Å². The SMILES string of the molecule is Cc1ccc(C2=CC=CC(/C=C/C(=O)c3ccccc3)(c3ccc(Oc4cnc5ccccc5n4)cc3)C2)cc1. The number of aromatic nitrogens is 2. The number of para-hydroxylation sites is 2. The van der Waals surface area contributed by atoms with Gasteiger partial charge in [0.05, 0.1) is 17.2 Å². The second kappa shape index (κ2) is 11.0. The van der Waals surface area contributed by atoms with Crippen LogP contribution in [0.5, 0.6) is 11.6 Å². The number of nitrogens with zero attached hydrogens (tertiary/aromatic N) is 2. The molecule has 0 bridgehead atoms. The van der Waals surface area contributed by atoms with E-state index in [4.69, 9.17) is 4.74 Å². The maximum atomic E-state index is 13.0. The summed E-state index contributed by atoms with van der Waals surface area (Å²) in [5, 5.41) is 0. The summed E-state index contributed by atoms with van der Waals surface area (Å²) in [7, 11) is 0. The molecule has 0 saturated carbocycles. The third-order valence-corrected chi connectivity index (χ3v) is 7.23. The average molecular weight is 521 g/mol. The van der Waals surface area contributed by atoms with Gasteiger partial charge in [0, 0.05) is 11.0 Å². The molecule has 1 atom stereocenters. The van der Waals surface area contributed by atoms with Gasteiger partial charge in [-0.05, 0) is 60.4 Å². The van der Waals surface area contributed by atoms with Gasteiger partial charge in [0.25, 0.3) is 0 Å². The van der Waals surface area contributed by atoms with Crippen molar-refractivity contribution < 1.29 is 9.53 Å². The summed E-state index contributed by atoms with van der Waals surface area (Å²) >= 11 is 0. The third-order valence-electron chi connectivity index (χ3n) is 7.23. The van der Waals surface area contributed by atoms with Crippen LogP contribution in [0.3, 0.4) is 0 Å². The standard InChI is InChI=1S/C36H28N2O2/c1-26-13-15-27(16-14-26)29-10-7-22-36(24-29,23-21-34(39)28-8-3-2-4-9-28)30-17-19-31(20-18-30)40-35-25-37-32-11-5-6-12-33(32)38-35/h2-23,25H,24H2,1H3/b23-21+. The number of ketones is 1. The molecular formula is C36H28N2O2. The van der Waals surface area contributed by atoms with Gasteiger partial charge in [-0.2, -0.15) is 0 Å². The van der Waals surface area contributed by atoms with Crippen molar-refractivity contribution in [2.45, 2.75) is 18.8 Å². The Labute approximate surface area is 234 Å². The summed E-state index contributed by atoms with van der Waals surface area (Å²) in [4.78, 5) is 22.1. The van der Waals surface area contributed by atoms with Gasteiger partial charge < -0.3 is 4.74 Å². The van der Waals surface area contributed by atoms with Gasteiger partial charge >= 0.3 is 0 Å². The molecule has 194 valence electrons. The summed E-state index contributed by atoms with van der Waals surface area (Å²) in [6, 6.07) is 33.7. The molecule has 1 aliphatic carbocycles. The van der Waals surface area contributed by atoms with E-state index in [-0.39, 0.29) is 5.78 Å². The number of benzene rings is 4. The predicted octanol–water partition coefficient (Wildman–Crippen LogP) is 8.45. The van der Waals surface area contributed by atoms with Gasteiger partial charge in [0.2, 0.25) is 5.88 Å². The lowest BCUT2D eigenvalue weighted by molar-refractivity contribution is 0.104. The van der Waals surface area contributed by atoms with Crippen LogP contribution in [0.1, 0.15) is 33.5 Å². The largest absolute Gasteiger partial charge is 0.437 e. The molecule has 0 aliphatic heterocycles.